The van der Waals surface area contributed by atoms with Crippen molar-refractivity contribution < 1.29 is 23.6 Å². The number of nitro benzene ring substituents is 1. The molecule has 3 rings (SSSR count). The zero-order valence-electron chi connectivity index (χ0n) is 17.5. The number of amides is 1. The Hall–Kier alpha value is -4.11. The summed E-state index contributed by atoms with van der Waals surface area (Å²) in [6.45, 7) is 1.59. The average Bonchev–Trinajstić information content (AvgIpc) is 3.18. The minimum Gasteiger partial charge on any atom is -0.466 e. The molecular weight excluding hydrogens is 770 g/mol. The van der Waals surface area contributed by atoms with E-state index in [9.17, 15) is 24.1 Å². The van der Waals surface area contributed by atoms with Gasteiger partial charge in [-0.3, -0.25) is 14.5 Å². The Bertz CT molecular complexity index is 1160. The first-order valence-corrected chi connectivity index (χ1v) is 11.3. The Labute approximate surface area is 195 Å². The van der Waals surface area contributed by atoms with Crippen molar-refractivity contribution in [3.8, 4) is 10.4 Å². The van der Waals surface area contributed by atoms with Gasteiger partial charge in [0.2, 0.25) is 0 Å². The van der Waals surface area contributed by atoms with E-state index in [4.69, 9.17) is 4.74 Å². The van der Waals surface area contributed by atoms with Gasteiger partial charge in [0.1, 0.15) is 0 Å². The third-order valence-electron chi connectivity index (χ3n) is 4.50. The van der Waals surface area contributed by atoms with Crippen LogP contribution in [-0.2, 0) is 21.4 Å². The second kappa shape index (κ2) is 11.0. The molecule has 168 valence electrons. The fourth-order valence-corrected chi connectivity index (χ4v) is 5.04. The number of nitrogens with zero attached hydrogens (tertiary/aromatic N) is 2. The number of esters is 1. The molecule has 1 aromatic heterocycles. The SMILES string of the molecule is CCOC(=O)c1c(N([C-]=O)Cc2[c-]cccc2F)sc(-c2ccc([N+](=O)[O-])cc2)c1CBr.[Rf]. The summed E-state index contributed by atoms with van der Waals surface area (Å²) < 4.78 is 19.4. The van der Waals surface area contributed by atoms with Gasteiger partial charge < -0.3 is 14.4 Å². The number of halogens is 2. The molecule has 0 spiro atoms. The van der Waals surface area contributed by atoms with Gasteiger partial charge in [0.25, 0.3) is 5.69 Å². The van der Waals surface area contributed by atoms with Crippen LogP contribution in [0.2, 0.25) is 0 Å². The van der Waals surface area contributed by atoms with Crippen molar-refractivity contribution >= 4 is 50.3 Å². The number of carbonyl (C=O) groups is 1. The fraction of sp³-hybridized carbons (Fsp3) is 0.182. The van der Waals surface area contributed by atoms with Crippen molar-refractivity contribution in [2.45, 2.75) is 18.8 Å². The molecule has 33 heavy (non-hydrogen) atoms. The Morgan fingerprint density at radius 3 is 2.58 bits per heavy atom. The van der Waals surface area contributed by atoms with E-state index in [0.29, 0.717) is 16.0 Å². The van der Waals surface area contributed by atoms with Crippen LogP contribution in [0.5, 0.6) is 0 Å². The van der Waals surface area contributed by atoms with Gasteiger partial charge in [-0.1, -0.05) is 15.9 Å². The standard InChI is InChI=1S/C22H16BrFN2O5S.Rf/c1-2-31-22(28)19-17(11-23)20(14-7-9-16(10-8-14)26(29)30)32-21(19)25(13-27)12-15-5-3-4-6-18(15)24;/h3-4,6-10H,2,11-12H2,1H3;/q-2;. The second-order valence-electron chi connectivity index (χ2n) is 6.42. The molecule has 2 aromatic carbocycles. The van der Waals surface area contributed by atoms with Gasteiger partial charge in [-0.2, -0.15) is 18.2 Å². The normalized spacial score (nSPS) is 10.3. The topological polar surface area (TPSA) is 89.8 Å². The Kier molecular flexibility index (Phi) is 8.36. The largest absolute Gasteiger partial charge is 0.466 e. The van der Waals surface area contributed by atoms with E-state index < -0.39 is 16.7 Å². The van der Waals surface area contributed by atoms with Crippen LogP contribution >= 0.6 is 27.3 Å². The van der Waals surface area contributed by atoms with E-state index in [-0.39, 0.29) is 40.3 Å². The van der Waals surface area contributed by atoms with E-state index in [2.05, 4.69) is 22.0 Å². The van der Waals surface area contributed by atoms with Gasteiger partial charge in [0.05, 0.1) is 17.9 Å². The molecule has 0 unspecified atom stereocenters. The van der Waals surface area contributed by atoms with Crippen molar-refractivity contribution in [2.24, 2.45) is 0 Å². The Balaban J connectivity index is 0.00000385. The summed E-state index contributed by atoms with van der Waals surface area (Å²) in [5.74, 6) is -1.18. The first-order valence-electron chi connectivity index (χ1n) is 9.35. The molecule has 1 heterocycles. The van der Waals surface area contributed by atoms with Crippen LogP contribution < -0.4 is 4.90 Å². The van der Waals surface area contributed by atoms with Crippen molar-refractivity contribution in [2.75, 3.05) is 11.5 Å². The number of hydrogen-bond acceptors (Lipinski definition) is 6. The molecule has 0 radical (unpaired) electrons. The zero-order valence-corrected chi connectivity index (χ0v) is 26.3. The molecule has 0 fully saturated rings. The van der Waals surface area contributed by atoms with Gasteiger partial charge in [0, 0.05) is 33.7 Å². The van der Waals surface area contributed by atoms with Crippen LogP contribution in [0.25, 0.3) is 10.4 Å². The second-order valence-corrected chi connectivity index (χ2v) is 7.98. The number of nitro groups is 1. The molecule has 0 aliphatic heterocycles. The first-order chi connectivity index (χ1) is 15.4. The number of thiophene rings is 1. The summed E-state index contributed by atoms with van der Waals surface area (Å²) in [6, 6.07) is 12.8. The molecule has 0 aliphatic rings. The average molecular weight is 786 g/mol. The number of non-ortho nitro benzene ring substituents is 1. The predicted molar refractivity (Wildman–Crippen MR) is 122 cm³/mol. The van der Waals surface area contributed by atoms with E-state index in [1.54, 1.807) is 25.5 Å². The van der Waals surface area contributed by atoms with Crippen LogP contribution in [-0.4, -0.2) is 23.9 Å². The number of hydrogen-bond donors (Lipinski definition) is 0. The summed E-state index contributed by atoms with van der Waals surface area (Å²) >= 11 is 4.50. The first kappa shape index (κ1) is 25.2. The van der Waals surface area contributed by atoms with Crippen molar-refractivity contribution in [3.63, 3.8) is 0 Å². The van der Waals surface area contributed by atoms with E-state index >= 15 is 0 Å². The van der Waals surface area contributed by atoms with E-state index in [1.165, 1.54) is 30.3 Å². The molecular formula is C22H16BrFN2O5RfS-2. The summed E-state index contributed by atoms with van der Waals surface area (Å²) in [6.07, 6.45) is 1.77. The van der Waals surface area contributed by atoms with Crippen LogP contribution in [0.4, 0.5) is 15.1 Å². The van der Waals surface area contributed by atoms with E-state index in [1.807, 2.05) is 0 Å². The van der Waals surface area contributed by atoms with Crippen molar-refractivity contribution in [1.82, 2.24) is 0 Å². The minimum absolute atomic E-state index is 0. The summed E-state index contributed by atoms with van der Waals surface area (Å²) in [5, 5.41) is 11.5. The number of carbonyl (C=O) groups excluding carboxylic acids is 2. The van der Waals surface area contributed by atoms with Gasteiger partial charge in [-0.05, 0) is 41.7 Å². The number of rotatable bonds is 9. The Morgan fingerprint density at radius 1 is 1.33 bits per heavy atom. The summed E-state index contributed by atoms with van der Waals surface area (Å²) in [7, 11) is 0. The van der Waals surface area contributed by atoms with Crippen LogP contribution in [0.1, 0.15) is 28.4 Å². The van der Waals surface area contributed by atoms with Gasteiger partial charge in [-0.25, -0.2) is 16.1 Å². The summed E-state index contributed by atoms with van der Waals surface area (Å²) in [5.41, 5.74) is 1.39. The third kappa shape index (κ3) is 5.21. The third-order valence-corrected chi connectivity index (χ3v) is 6.36. The van der Waals surface area contributed by atoms with Crippen molar-refractivity contribution in [1.29, 1.82) is 0 Å². The predicted octanol–water partition coefficient (Wildman–Crippen LogP) is 5.41. The maximum absolute atomic E-state index is 14.2. The van der Waals surface area contributed by atoms with Gasteiger partial charge in [0.15, 0.2) is 0 Å². The maximum Gasteiger partial charge on any atom is 0.323 e. The monoisotopic (exact) mass is 785 g/mol. The molecule has 0 saturated carbocycles. The smallest absolute Gasteiger partial charge is 0.323 e. The zero-order chi connectivity index (χ0) is 23.3. The van der Waals surface area contributed by atoms with E-state index in [0.717, 1.165) is 16.2 Å². The van der Waals surface area contributed by atoms with Gasteiger partial charge >= 0.3 is 5.97 Å². The summed E-state index contributed by atoms with van der Waals surface area (Å²) in [4.78, 5) is 36.9. The molecule has 1 amide bonds. The molecule has 0 N–H and O–H groups in total. The molecule has 0 aliphatic carbocycles. The van der Waals surface area contributed by atoms with Crippen LogP contribution in [0, 0.1) is 22.0 Å². The molecule has 0 bridgehead atoms. The quantitative estimate of drug-likeness (QED) is 0.0724. The molecule has 0 saturated heterocycles. The van der Waals surface area contributed by atoms with Crippen LogP contribution in [0.3, 0.4) is 0 Å². The minimum atomic E-state index is -0.640. The molecule has 7 nitrogen and oxygen atoms in total. The number of ether oxygens (including phenoxy) is 1. The molecule has 3 aromatic rings. The van der Waals surface area contributed by atoms with Gasteiger partial charge in [-0.15, -0.1) is 11.6 Å². The maximum atomic E-state index is 14.2. The number of alkyl halides is 1. The number of anilines is 1. The molecule has 11 heteroatoms. The van der Waals surface area contributed by atoms with Crippen LogP contribution in [0.15, 0.2) is 42.5 Å². The Morgan fingerprint density at radius 2 is 2.03 bits per heavy atom. The molecule has 0 atom stereocenters. The van der Waals surface area contributed by atoms with Crippen molar-refractivity contribution in [3.05, 3.63) is 81.2 Å². The fourth-order valence-electron chi connectivity index (χ4n) is 3.03. The number of benzene rings is 2.